The van der Waals surface area contributed by atoms with Gasteiger partial charge in [0.1, 0.15) is 17.2 Å². The van der Waals surface area contributed by atoms with Gasteiger partial charge in [0.2, 0.25) is 0 Å². The number of aromatic nitrogens is 2. The molecule has 6 nitrogen and oxygen atoms in total. The lowest BCUT2D eigenvalue weighted by Gasteiger charge is -2.37. The van der Waals surface area contributed by atoms with Crippen LogP contribution in [0.15, 0.2) is 66.9 Å². The Kier molecular flexibility index (Phi) is 7.30. The van der Waals surface area contributed by atoms with Crippen molar-refractivity contribution in [1.82, 2.24) is 14.7 Å². The zero-order valence-corrected chi connectivity index (χ0v) is 22.2. The molecule has 0 spiro atoms. The fraction of sp³-hybridized carbons (Fsp3) is 0.286. The number of anilines is 2. The van der Waals surface area contributed by atoms with E-state index in [4.69, 9.17) is 0 Å². The van der Waals surface area contributed by atoms with Gasteiger partial charge in [0.15, 0.2) is 0 Å². The van der Waals surface area contributed by atoms with E-state index in [2.05, 4.69) is 20.1 Å². The predicted molar refractivity (Wildman–Crippen MR) is 147 cm³/mol. The third kappa shape index (κ3) is 5.34. The number of carbonyl (C=O) groups is 1. The van der Waals surface area contributed by atoms with E-state index in [1.807, 2.05) is 31.2 Å². The Bertz CT molecular complexity index is 1430. The van der Waals surface area contributed by atoms with E-state index in [1.165, 1.54) is 37.9 Å². The highest BCUT2D eigenvalue weighted by molar-refractivity contribution is 7.17. The third-order valence-electron chi connectivity index (χ3n) is 6.86. The number of aryl methyl sites for hydroxylation is 1. The Hall–Kier alpha value is -3.58. The van der Waals surface area contributed by atoms with Gasteiger partial charge < -0.3 is 15.1 Å². The molecule has 1 amide bonds. The van der Waals surface area contributed by atoms with E-state index in [0.29, 0.717) is 18.7 Å². The molecule has 2 aromatic carbocycles. The molecule has 0 aliphatic carbocycles. The van der Waals surface area contributed by atoms with Crippen molar-refractivity contribution in [3.05, 3.63) is 95.2 Å². The van der Waals surface area contributed by atoms with Crippen LogP contribution in [0.4, 0.5) is 24.5 Å². The molecule has 0 radical (unpaired) electrons. The minimum absolute atomic E-state index is 0.0818. The van der Waals surface area contributed by atoms with Crippen molar-refractivity contribution in [2.45, 2.75) is 25.6 Å². The minimum atomic E-state index is -3.15. The van der Waals surface area contributed by atoms with Gasteiger partial charge in [-0.1, -0.05) is 28.3 Å². The van der Waals surface area contributed by atoms with Crippen LogP contribution in [0.5, 0.6) is 0 Å². The molecule has 3 heterocycles. The summed E-state index contributed by atoms with van der Waals surface area (Å²) in [5, 5.41) is 2.91. The molecule has 10 heteroatoms. The molecule has 1 unspecified atom stereocenters. The fourth-order valence-corrected chi connectivity index (χ4v) is 5.05. The second kappa shape index (κ2) is 10.7. The highest BCUT2D eigenvalue weighted by Gasteiger charge is 2.30. The van der Waals surface area contributed by atoms with Gasteiger partial charge >= 0.3 is 0 Å². The van der Waals surface area contributed by atoms with Crippen molar-refractivity contribution in [2.24, 2.45) is 0 Å². The summed E-state index contributed by atoms with van der Waals surface area (Å²) in [6, 6.07) is 17.4. The lowest BCUT2D eigenvalue weighted by Crippen LogP contribution is -2.46. The van der Waals surface area contributed by atoms with Crippen LogP contribution in [0.2, 0.25) is 0 Å². The second-order valence-electron chi connectivity index (χ2n) is 9.30. The van der Waals surface area contributed by atoms with Crippen molar-refractivity contribution in [3.8, 4) is 0 Å². The van der Waals surface area contributed by atoms with Crippen LogP contribution >= 0.6 is 9.24 Å². The van der Waals surface area contributed by atoms with Crippen LogP contribution < -0.4 is 15.1 Å². The standard InChI is InChI=1S/C28H29F3N5OP/c1-2-24-25(36-13-3-4-23(26(36)33-24)28(30,31)38)27(37)32-18-19-5-9-21(10-6-19)34-14-16-35(17-15-34)22-11-7-20(29)8-12-22/h3-13H,2,14-18,38H2,1H3,(H,32,37). The Labute approximate surface area is 221 Å². The molecule has 0 bridgehead atoms. The molecule has 0 saturated carbocycles. The highest BCUT2D eigenvalue weighted by atomic mass is 31.0. The van der Waals surface area contributed by atoms with Gasteiger partial charge in [0.25, 0.3) is 11.6 Å². The zero-order chi connectivity index (χ0) is 26.9. The number of carbonyl (C=O) groups excluding carboxylic acids is 1. The number of amides is 1. The van der Waals surface area contributed by atoms with Crippen molar-refractivity contribution < 1.29 is 18.0 Å². The molecule has 1 saturated heterocycles. The summed E-state index contributed by atoms with van der Waals surface area (Å²) in [5.74, 6) is -0.595. The molecular weight excluding hydrogens is 510 g/mol. The smallest absolute Gasteiger partial charge is 0.287 e. The first-order valence-corrected chi connectivity index (χ1v) is 13.1. The number of rotatable bonds is 7. The first-order valence-electron chi connectivity index (χ1n) is 12.5. The summed E-state index contributed by atoms with van der Waals surface area (Å²) in [5.41, 5.74) is 0.477. The average Bonchev–Trinajstić information content (AvgIpc) is 3.31. The third-order valence-corrected chi connectivity index (χ3v) is 7.17. The van der Waals surface area contributed by atoms with Crippen LogP contribution in [0.3, 0.4) is 0 Å². The first-order chi connectivity index (χ1) is 18.2. The maximum Gasteiger partial charge on any atom is 0.287 e. The van der Waals surface area contributed by atoms with E-state index < -0.39 is 5.66 Å². The number of nitrogens with zero attached hydrogens (tertiary/aromatic N) is 4. The van der Waals surface area contributed by atoms with Gasteiger partial charge in [0.05, 0.1) is 11.3 Å². The van der Waals surface area contributed by atoms with Gasteiger partial charge in [-0.25, -0.2) is 9.37 Å². The number of halogens is 3. The van der Waals surface area contributed by atoms with Crippen molar-refractivity contribution in [2.75, 3.05) is 36.0 Å². The summed E-state index contributed by atoms with van der Waals surface area (Å²) >= 11 is 0. The molecule has 1 atom stereocenters. The molecular formula is C28H29F3N5OP. The number of imidazole rings is 1. The van der Waals surface area contributed by atoms with E-state index in [0.717, 1.165) is 43.1 Å². The fourth-order valence-electron chi connectivity index (χ4n) is 4.83. The molecule has 1 fully saturated rings. The maximum absolute atomic E-state index is 14.1. The quantitative estimate of drug-likeness (QED) is 0.328. The molecule has 1 aliphatic heterocycles. The SMILES string of the molecule is CCc1nc2c(C(F)(F)P)cccn2c1C(=O)NCc1ccc(N2CCN(c3ccc(F)cc3)CC2)cc1. The predicted octanol–water partition coefficient (Wildman–Crippen LogP) is 5.22. The molecule has 5 rings (SSSR count). The number of benzene rings is 2. The van der Waals surface area contributed by atoms with Crippen LogP contribution in [0, 0.1) is 5.82 Å². The summed E-state index contributed by atoms with van der Waals surface area (Å²) in [7, 11) is 1.53. The van der Waals surface area contributed by atoms with E-state index in [-0.39, 0.29) is 28.6 Å². The summed E-state index contributed by atoms with van der Waals surface area (Å²) < 4.78 is 42.8. The number of nitrogens with one attached hydrogen (secondary N) is 1. The van der Waals surface area contributed by atoms with Gasteiger partial charge in [-0.15, -0.1) is 0 Å². The van der Waals surface area contributed by atoms with E-state index >= 15 is 0 Å². The second-order valence-corrected chi connectivity index (χ2v) is 10.0. The lowest BCUT2D eigenvalue weighted by molar-refractivity contribution is 0.0942. The highest BCUT2D eigenvalue weighted by Crippen LogP contribution is 2.37. The normalized spacial score (nSPS) is 14.2. The van der Waals surface area contributed by atoms with Gasteiger partial charge in [-0.3, -0.25) is 9.20 Å². The van der Waals surface area contributed by atoms with Crippen LogP contribution in [0.1, 0.15) is 34.2 Å². The number of alkyl halides is 2. The number of hydrogen-bond acceptors (Lipinski definition) is 4. The van der Waals surface area contributed by atoms with Crippen molar-refractivity contribution in [1.29, 1.82) is 0 Å². The van der Waals surface area contributed by atoms with Gasteiger partial charge in [-0.05, 0) is 60.5 Å². The Morgan fingerprint density at radius 1 is 0.974 bits per heavy atom. The largest absolute Gasteiger partial charge is 0.368 e. The van der Waals surface area contributed by atoms with Gasteiger partial charge in [-0.2, -0.15) is 8.78 Å². The summed E-state index contributed by atoms with van der Waals surface area (Å²) in [6.45, 7) is 5.51. The molecule has 1 N–H and O–H groups in total. The molecule has 4 aromatic rings. The number of hydrogen-bond donors (Lipinski definition) is 1. The summed E-state index contributed by atoms with van der Waals surface area (Å²) in [6.07, 6.45) is 2.02. The Balaban J connectivity index is 1.22. The van der Waals surface area contributed by atoms with Crippen molar-refractivity contribution >= 4 is 32.2 Å². The molecule has 198 valence electrons. The Morgan fingerprint density at radius 2 is 1.55 bits per heavy atom. The molecule has 1 aliphatic rings. The lowest BCUT2D eigenvalue weighted by atomic mass is 10.1. The topological polar surface area (TPSA) is 52.9 Å². The first kappa shape index (κ1) is 26.0. The van der Waals surface area contributed by atoms with Gasteiger partial charge in [0, 0.05) is 50.3 Å². The Morgan fingerprint density at radius 3 is 2.11 bits per heavy atom. The average molecular weight is 540 g/mol. The summed E-state index contributed by atoms with van der Waals surface area (Å²) in [4.78, 5) is 22.0. The maximum atomic E-state index is 14.1. The monoisotopic (exact) mass is 539 g/mol. The van der Waals surface area contributed by atoms with E-state index in [1.54, 1.807) is 18.3 Å². The number of piperazine rings is 1. The van der Waals surface area contributed by atoms with Crippen LogP contribution in [0.25, 0.3) is 5.65 Å². The van der Waals surface area contributed by atoms with Crippen LogP contribution in [-0.2, 0) is 18.6 Å². The number of pyridine rings is 1. The zero-order valence-electron chi connectivity index (χ0n) is 21.0. The molecule has 2 aromatic heterocycles. The van der Waals surface area contributed by atoms with Crippen molar-refractivity contribution in [3.63, 3.8) is 0 Å². The van der Waals surface area contributed by atoms with E-state index in [9.17, 15) is 18.0 Å². The molecule has 38 heavy (non-hydrogen) atoms. The minimum Gasteiger partial charge on any atom is -0.368 e. The van der Waals surface area contributed by atoms with Crippen LogP contribution in [-0.4, -0.2) is 41.5 Å². The number of fused-ring (bicyclic) bond motifs is 1.